The van der Waals surface area contributed by atoms with Crippen LogP contribution in [-0.4, -0.2) is 27.2 Å². The Bertz CT molecular complexity index is 520. The Labute approximate surface area is 109 Å². The molecule has 0 saturated carbocycles. The summed E-state index contributed by atoms with van der Waals surface area (Å²) in [5, 5.41) is 8.94. The van der Waals surface area contributed by atoms with Crippen LogP contribution in [0.15, 0.2) is 29.2 Å². The first-order valence-electron chi connectivity index (χ1n) is 5.55. The third-order valence-corrected chi connectivity index (χ3v) is 3.41. The molecule has 1 aromatic carbocycles. The molecular weight excluding hydrogens is 250 g/mol. The number of amides is 2. The van der Waals surface area contributed by atoms with E-state index in [9.17, 15) is 14.7 Å². The predicted octanol–water partition coefficient (Wildman–Crippen LogP) is 2.84. The van der Waals surface area contributed by atoms with E-state index < -0.39 is 0 Å². The molecule has 1 heterocycles. The van der Waals surface area contributed by atoms with Crippen LogP contribution in [0, 0.1) is 0 Å². The van der Waals surface area contributed by atoms with Gasteiger partial charge in [0.1, 0.15) is 5.75 Å². The van der Waals surface area contributed by atoms with Gasteiger partial charge in [-0.2, -0.15) is 0 Å². The lowest BCUT2D eigenvalue weighted by atomic mass is 10.2. The van der Waals surface area contributed by atoms with Gasteiger partial charge in [-0.3, -0.25) is 14.5 Å². The zero-order valence-corrected chi connectivity index (χ0v) is 10.9. The number of benzene rings is 1. The van der Waals surface area contributed by atoms with Gasteiger partial charge in [0.05, 0.1) is 4.91 Å². The smallest absolute Gasteiger partial charge is 0.293 e. The summed E-state index contributed by atoms with van der Waals surface area (Å²) < 4.78 is 0. The molecule has 1 aromatic rings. The number of carbonyl (C=O) groups excluding carboxylic acids is 2. The van der Waals surface area contributed by atoms with Crippen LogP contribution < -0.4 is 0 Å². The number of rotatable bonds is 2. The van der Waals surface area contributed by atoms with Crippen molar-refractivity contribution in [2.45, 2.75) is 19.9 Å². The summed E-state index contributed by atoms with van der Waals surface area (Å²) in [6.07, 6.45) is 1.66. The van der Waals surface area contributed by atoms with Gasteiger partial charge in [0.15, 0.2) is 0 Å². The van der Waals surface area contributed by atoms with Gasteiger partial charge in [-0.15, -0.1) is 0 Å². The Kier molecular flexibility index (Phi) is 3.43. The van der Waals surface area contributed by atoms with Crippen LogP contribution in [0.4, 0.5) is 4.79 Å². The molecule has 4 nitrogen and oxygen atoms in total. The fraction of sp³-hybridized carbons (Fsp3) is 0.231. The second-order valence-corrected chi connectivity index (χ2v) is 5.23. The highest BCUT2D eigenvalue weighted by Crippen LogP contribution is 2.33. The lowest BCUT2D eigenvalue weighted by Crippen LogP contribution is -2.34. The summed E-state index contributed by atoms with van der Waals surface area (Å²) >= 11 is 0.945. The molecule has 0 unspecified atom stereocenters. The van der Waals surface area contributed by atoms with Crippen molar-refractivity contribution in [3.05, 3.63) is 34.7 Å². The van der Waals surface area contributed by atoms with Crippen LogP contribution in [0.3, 0.4) is 0 Å². The molecule has 1 aliphatic rings. The van der Waals surface area contributed by atoms with Crippen LogP contribution in [0.1, 0.15) is 19.4 Å². The van der Waals surface area contributed by atoms with Crippen molar-refractivity contribution in [1.29, 1.82) is 0 Å². The summed E-state index contributed by atoms with van der Waals surface area (Å²) in [6.45, 7) is 3.61. The predicted molar refractivity (Wildman–Crippen MR) is 71.1 cm³/mol. The quantitative estimate of drug-likeness (QED) is 0.834. The Morgan fingerprint density at radius 2 is 1.83 bits per heavy atom. The van der Waals surface area contributed by atoms with E-state index in [0.717, 1.165) is 17.3 Å². The summed E-state index contributed by atoms with van der Waals surface area (Å²) in [6, 6.07) is 6.33. The molecule has 1 aliphatic heterocycles. The van der Waals surface area contributed by atoms with E-state index in [1.54, 1.807) is 44.2 Å². The number of imide groups is 1. The molecule has 0 atom stereocenters. The van der Waals surface area contributed by atoms with E-state index >= 15 is 0 Å². The third kappa shape index (κ3) is 2.41. The molecule has 18 heavy (non-hydrogen) atoms. The summed E-state index contributed by atoms with van der Waals surface area (Å²) in [5.74, 6) is -0.0875. The number of carbonyl (C=O) groups is 2. The zero-order chi connectivity index (χ0) is 13.3. The van der Waals surface area contributed by atoms with Crippen LogP contribution in [0.2, 0.25) is 0 Å². The van der Waals surface area contributed by atoms with Gasteiger partial charge >= 0.3 is 0 Å². The first kappa shape index (κ1) is 12.7. The first-order chi connectivity index (χ1) is 8.49. The van der Waals surface area contributed by atoms with E-state index in [2.05, 4.69) is 0 Å². The molecule has 0 radical (unpaired) electrons. The summed E-state index contributed by atoms with van der Waals surface area (Å²) in [4.78, 5) is 25.3. The molecule has 5 heteroatoms. The highest BCUT2D eigenvalue weighted by Gasteiger charge is 2.36. The standard InChI is InChI=1S/C13H13NO3S/c1-8(2)14-12(16)11(18-13(14)17)7-9-3-5-10(15)6-4-9/h3-8,15H,1-2H3. The lowest BCUT2D eigenvalue weighted by molar-refractivity contribution is -0.123. The molecule has 0 spiro atoms. The Morgan fingerprint density at radius 3 is 2.33 bits per heavy atom. The van der Waals surface area contributed by atoms with Gasteiger partial charge in [0, 0.05) is 6.04 Å². The largest absolute Gasteiger partial charge is 0.508 e. The van der Waals surface area contributed by atoms with Crippen molar-refractivity contribution in [2.75, 3.05) is 0 Å². The second-order valence-electron chi connectivity index (χ2n) is 4.24. The van der Waals surface area contributed by atoms with Gasteiger partial charge in [-0.1, -0.05) is 12.1 Å². The zero-order valence-electron chi connectivity index (χ0n) is 10.1. The highest BCUT2D eigenvalue weighted by atomic mass is 32.2. The SMILES string of the molecule is CC(C)N1C(=O)SC(=Cc2ccc(O)cc2)C1=O. The van der Waals surface area contributed by atoms with Crippen molar-refractivity contribution in [1.82, 2.24) is 4.90 Å². The van der Waals surface area contributed by atoms with E-state index in [-0.39, 0.29) is 22.9 Å². The maximum Gasteiger partial charge on any atom is 0.293 e. The van der Waals surface area contributed by atoms with Crippen molar-refractivity contribution in [2.24, 2.45) is 0 Å². The minimum Gasteiger partial charge on any atom is -0.508 e. The number of hydrogen-bond acceptors (Lipinski definition) is 4. The molecule has 1 saturated heterocycles. The van der Waals surface area contributed by atoms with Gasteiger partial charge in [-0.05, 0) is 49.4 Å². The average molecular weight is 263 g/mol. The van der Waals surface area contributed by atoms with E-state index in [4.69, 9.17) is 0 Å². The maximum absolute atomic E-state index is 12.0. The first-order valence-corrected chi connectivity index (χ1v) is 6.37. The summed E-state index contributed by atoms with van der Waals surface area (Å²) in [7, 11) is 0. The lowest BCUT2D eigenvalue weighted by Gasteiger charge is -2.16. The maximum atomic E-state index is 12.0. The monoisotopic (exact) mass is 263 g/mol. The minimum absolute atomic E-state index is 0.136. The van der Waals surface area contributed by atoms with Crippen molar-refractivity contribution in [3.63, 3.8) is 0 Å². The van der Waals surface area contributed by atoms with Crippen LogP contribution in [0.5, 0.6) is 5.75 Å². The number of thioether (sulfide) groups is 1. The van der Waals surface area contributed by atoms with Crippen molar-refractivity contribution in [3.8, 4) is 5.75 Å². The number of aromatic hydroxyl groups is 1. The molecule has 2 rings (SSSR count). The molecule has 0 bridgehead atoms. The van der Waals surface area contributed by atoms with Crippen LogP contribution in [0.25, 0.3) is 6.08 Å². The second kappa shape index (κ2) is 4.86. The van der Waals surface area contributed by atoms with E-state index in [1.807, 2.05) is 0 Å². The van der Waals surface area contributed by atoms with Gasteiger partial charge in [0.25, 0.3) is 11.1 Å². The Hall–Kier alpha value is -1.75. The van der Waals surface area contributed by atoms with Crippen LogP contribution in [-0.2, 0) is 4.79 Å². The molecular formula is C13H13NO3S. The Balaban J connectivity index is 2.28. The number of phenolic OH excluding ortho intramolecular Hbond substituents is 1. The summed E-state index contributed by atoms with van der Waals surface area (Å²) in [5.41, 5.74) is 0.780. The molecule has 0 aromatic heterocycles. The average Bonchev–Trinajstić information content (AvgIpc) is 2.57. The topological polar surface area (TPSA) is 57.6 Å². The normalized spacial score (nSPS) is 18.2. The molecule has 2 amide bonds. The van der Waals surface area contributed by atoms with Gasteiger partial charge < -0.3 is 5.11 Å². The third-order valence-electron chi connectivity index (χ3n) is 2.53. The minimum atomic E-state index is -0.256. The number of nitrogens with zero attached hydrogens (tertiary/aromatic N) is 1. The van der Waals surface area contributed by atoms with E-state index in [1.165, 1.54) is 4.90 Å². The molecule has 1 fully saturated rings. The van der Waals surface area contributed by atoms with Crippen molar-refractivity contribution < 1.29 is 14.7 Å². The fourth-order valence-corrected chi connectivity index (χ4v) is 2.61. The highest BCUT2D eigenvalue weighted by molar-refractivity contribution is 8.18. The van der Waals surface area contributed by atoms with E-state index in [0.29, 0.717) is 4.91 Å². The van der Waals surface area contributed by atoms with Crippen molar-refractivity contribution >= 4 is 29.0 Å². The molecule has 1 N–H and O–H groups in total. The fourth-order valence-electron chi connectivity index (χ4n) is 1.65. The van der Waals surface area contributed by atoms with Gasteiger partial charge in [-0.25, -0.2) is 0 Å². The molecule has 0 aliphatic carbocycles. The van der Waals surface area contributed by atoms with Gasteiger partial charge in [0.2, 0.25) is 0 Å². The number of phenols is 1. The Morgan fingerprint density at radius 1 is 1.22 bits per heavy atom. The number of hydrogen-bond donors (Lipinski definition) is 1. The van der Waals surface area contributed by atoms with Crippen LogP contribution >= 0.6 is 11.8 Å². The molecule has 94 valence electrons.